The Balaban J connectivity index is 1.79. The Hall–Kier alpha value is -2.67. The van der Waals surface area contributed by atoms with Gasteiger partial charge in [-0.2, -0.15) is 9.49 Å². The molecule has 0 fully saturated rings. The second-order valence-electron chi connectivity index (χ2n) is 4.60. The number of anilines is 2. The molecule has 5 nitrogen and oxygen atoms in total. The number of nitrogens with zero attached hydrogens (tertiary/aromatic N) is 2. The van der Waals surface area contributed by atoms with Crippen LogP contribution in [0.4, 0.5) is 20.0 Å². The number of amides is 2. The Morgan fingerprint density at radius 2 is 1.95 bits per heavy atom. The fraction of sp³-hybridized carbons (Fsp3) is 0.0667. The monoisotopic (exact) mass is 316 g/mol. The number of halogens is 1. The maximum absolute atomic E-state index is 12.9. The number of urea groups is 1. The number of aryl methyl sites for hydroxylation is 1. The average molecular weight is 316 g/mol. The molecule has 2 amide bonds. The normalized spacial score (nSPS) is 10.5. The molecule has 0 spiro atoms. The molecular formula is C15H13FN4OS. The molecule has 0 saturated heterocycles. The zero-order chi connectivity index (χ0) is 15.5. The van der Waals surface area contributed by atoms with Crippen LogP contribution in [-0.2, 0) is 0 Å². The molecule has 0 aliphatic rings. The average Bonchev–Trinajstić information content (AvgIpc) is 3.06. The van der Waals surface area contributed by atoms with Gasteiger partial charge in [0.1, 0.15) is 5.82 Å². The first kappa shape index (κ1) is 14.3. The van der Waals surface area contributed by atoms with E-state index in [1.807, 2.05) is 37.3 Å². The third-order valence-electron chi connectivity index (χ3n) is 2.88. The van der Waals surface area contributed by atoms with E-state index in [4.69, 9.17) is 0 Å². The predicted molar refractivity (Wildman–Crippen MR) is 85.2 cm³/mol. The maximum Gasteiger partial charge on any atom is 0.325 e. The molecule has 112 valence electrons. The number of nitrogens with one attached hydrogen (secondary N) is 2. The molecule has 22 heavy (non-hydrogen) atoms. The van der Waals surface area contributed by atoms with Crippen molar-refractivity contribution in [2.24, 2.45) is 0 Å². The van der Waals surface area contributed by atoms with E-state index in [2.05, 4.69) is 15.7 Å². The van der Waals surface area contributed by atoms with E-state index in [1.165, 1.54) is 12.1 Å². The molecule has 0 radical (unpaired) electrons. The van der Waals surface area contributed by atoms with Crippen LogP contribution in [-0.4, -0.2) is 15.8 Å². The van der Waals surface area contributed by atoms with Crippen LogP contribution in [0.15, 0.2) is 48.5 Å². The first-order chi connectivity index (χ1) is 10.6. The summed E-state index contributed by atoms with van der Waals surface area (Å²) in [4.78, 5) is 12.0. The van der Waals surface area contributed by atoms with E-state index >= 15 is 0 Å². The van der Waals surface area contributed by atoms with Crippen LogP contribution >= 0.6 is 11.3 Å². The molecule has 2 N–H and O–H groups in total. The number of aromatic nitrogens is 2. The van der Waals surface area contributed by atoms with Gasteiger partial charge in [-0.1, -0.05) is 29.5 Å². The fourth-order valence-electron chi connectivity index (χ4n) is 2.00. The van der Waals surface area contributed by atoms with Gasteiger partial charge in [0.25, 0.3) is 0 Å². The molecule has 0 aliphatic carbocycles. The highest BCUT2D eigenvalue weighted by Crippen LogP contribution is 2.21. The van der Waals surface area contributed by atoms with Crippen molar-refractivity contribution in [3.63, 3.8) is 0 Å². The molecular weight excluding hydrogens is 303 g/mol. The van der Waals surface area contributed by atoms with Crippen molar-refractivity contribution in [2.75, 3.05) is 10.6 Å². The Morgan fingerprint density at radius 3 is 2.64 bits per heavy atom. The van der Waals surface area contributed by atoms with E-state index in [-0.39, 0.29) is 5.13 Å². The van der Waals surface area contributed by atoms with Gasteiger partial charge in [0, 0.05) is 6.07 Å². The van der Waals surface area contributed by atoms with Crippen molar-refractivity contribution in [3.05, 3.63) is 59.4 Å². The van der Waals surface area contributed by atoms with Crippen LogP contribution in [0.3, 0.4) is 0 Å². The summed E-state index contributed by atoms with van der Waals surface area (Å²) in [6, 6.07) is 13.6. The van der Waals surface area contributed by atoms with Crippen molar-refractivity contribution < 1.29 is 9.18 Å². The van der Waals surface area contributed by atoms with Crippen LogP contribution in [0.25, 0.3) is 5.69 Å². The summed E-state index contributed by atoms with van der Waals surface area (Å²) in [5, 5.41) is 9.77. The minimum absolute atomic E-state index is 0.347. The highest BCUT2D eigenvalue weighted by molar-refractivity contribution is 7.14. The largest absolute Gasteiger partial charge is 0.325 e. The molecule has 0 saturated carbocycles. The number of carbonyl (C=O) groups is 1. The number of thiophene rings is 1. The van der Waals surface area contributed by atoms with Gasteiger partial charge in [-0.25, -0.2) is 9.48 Å². The lowest BCUT2D eigenvalue weighted by Crippen LogP contribution is -2.20. The SMILES string of the molecule is Cc1cc(NC(=O)Nc2ccc(F)s2)n(-c2ccccc2)n1. The fourth-order valence-corrected chi connectivity index (χ4v) is 2.62. The Morgan fingerprint density at radius 1 is 1.18 bits per heavy atom. The van der Waals surface area contributed by atoms with Crippen LogP contribution in [0, 0.1) is 12.1 Å². The third-order valence-corrected chi connectivity index (χ3v) is 3.67. The summed E-state index contributed by atoms with van der Waals surface area (Å²) in [6.45, 7) is 1.84. The van der Waals surface area contributed by atoms with Crippen molar-refractivity contribution in [2.45, 2.75) is 6.92 Å². The first-order valence-corrected chi connectivity index (χ1v) is 7.39. The summed E-state index contributed by atoms with van der Waals surface area (Å²) in [5.74, 6) is 0.540. The standard InChI is InChI=1S/C15H13FN4OS/c1-10-9-13(20(19-10)11-5-3-2-4-6-11)17-15(21)18-14-8-7-12(16)22-14/h2-9H,1H3,(H2,17,18,21). The quantitative estimate of drug-likeness (QED) is 0.766. The van der Waals surface area contributed by atoms with Gasteiger partial charge in [0.05, 0.1) is 16.4 Å². The summed E-state index contributed by atoms with van der Waals surface area (Å²) >= 11 is 0.871. The minimum atomic E-state index is -0.445. The Kier molecular flexibility index (Phi) is 3.88. The molecule has 2 aromatic heterocycles. The lowest BCUT2D eigenvalue weighted by Gasteiger charge is -2.09. The van der Waals surface area contributed by atoms with Gasteiger partial charge < -0.3 is 0 Å². The van der Waals surface area contributed by atoms with E-state index in [0.717, 1.165) is 22.7 Å². The number of carbonyl (C=O) groups excluding carboxylic acids is 1. The van der Waals surface area contributed by atoms with E-state index in [9.17, 15) is 9.18 Å². The summed E-state index contributed by atoms with van der Waals surface area (Å²) < 4.78 is 14.6. The van der Waals surface area contributed by atoms with Gasteiger partial charge in [0.15, 0.2) is 5.13 Å². The molecule has 3 rings (SSSR count). The summed E-state index contributed by atoms with van der Waals surface area (Å²) in [6.07, 6.45) is 0. The van der Waals surface area contributed by atoms with Crippen molar-refractivity contribution in [3.8, 4) is 5.69 Å². The molecule has 2 heterocycles. The zero-order valence-corrected chi connectivity index (χ0v) is 12.5. The molecule has 0 unspecified atom stereocenters. The van der Waals surface area contributed by atoms with E-state index in [0.29, 0.717) is 10.8 Å². The van der Waals surface area contributed by atoms with E-state index < -0.39 is 6.03 Å². The lowest BCUT2D eigenvalue weighted by atomic mass is 10.3. The van der Waals surface area contributed by atoms with Gasteiger partial charge >= 0.3 is 6.03 Å². The molecule has 0 aliphatic heterocycles. The molecule has 7 heteroatoms. The smallest absolute Gasteiger partial charge is 0.299 e. The van der Waals surface area contributed by atoms with Gasteiger partial charge in [-0.3, -0.25) is 10.6 Å². The van der Waals surface area contributed by atoms with Gasteiger partial charge in [0.2, 0.25) is 0 Å². The zero-order valence-electron chi connectivity index (χ0n) is 11.7. The molecule has 0 bridgehead atoms. The van der Waals surface area contributed by atoms with E-state index in [1.54, 1.807) is 10.7 Å². The predicted octanol–water partition coefficient (Wildman–Crippen LogP) is 4.03. The number of rotatable bonds is 3. The second kappa shape index (κ2) is 5.98. The number of benzene rings is 1. The van der Waals surface area contributed by atoms with Crippen LogP contribution in [0.5, 0.6) is 0 Å². The van der Waals surface area contributed by atoms with Gasteiger partial charge in [-0.15, -0.1) is 0 Å². The molecule has 3 aromatic rings. The van der Waals surface area contributed by atoms with Gasteiger partial charge in [-0.05, 0) is 31.2 Å². The number of hydrogen-bond acceptors (Lipinski definition) is 3. The van der Waals surface area contributed by atoms with Crippen molar-refractivity contribution in [1.82, 2.24) is 9.78 Å². The maximum atomic E-state index is 12.9. The Bertz CT molecular complexity index is 797. The molecule has 0 atom stereocenters. The number of hydrogen-bond donors (Lipinski definition) is 2. The topological polar surface area (TPSA) is 59.0 Å². The lowest BCUT2D eigenvalue weighted by molar-refractivity contribution is 0.262. The minimum Gasteiger partial charge on any atom is -0.299 e. The highest BCUT2D eigenvalue weighted by Gasteiger charge is 2.11. The van der Waals surface area contributed by atoms with Crippen LogP contribution < -0.4 is 10.6 Å². The summed E-state index contributed by atoms with van der Waals surface area (Å²) in [7, 11) is 0. The second-order valence-corrected chi connectivity index (χ2v) is 5.64. The molecule has 1 aromatic carbocycles. The van der Waals surface area contributed by atoms with Crippen LogP contribution in [0.1, 0.15) is 5.69 Å². The third kappa shape index (κ3) is 3.15. The Labute approximate surface area is 130 Å². The first-order valence-electron chi connectivity index (χ1n) is 6.57. The van der Waals surface area contributed by atoms with Crippen LogP contribution in [0.2, 0.25) is 0 Å². The highest BCUT2D eigenvalue weighted by atomic mass is 32.1. The van der Waals surface area contributed by atoms with Crippen molar-refractivity contribution in [1.29, 1.82) is 0 Å². The number of para-hydroxylation sites is 1. The van der Waals surface area contributed by atoms with Crippen molar-refractivity contribution >= 4 is 28.2 Å². The summed E-state index contributed by atoms with van der Waals surface area (Å²) in [5.41, 5.74) is 1.62.